The Balaban J connectivity index is 1.97. The van der Waals surface area contributed by atoms with Crippen molar-refractivity contribution in [2.75, 3.05) is 30.8 Å². The molecular formula is C13H20N4O. The molecule has 0 bridgehead atoms. The van der Waals surface area contributed by atoms with Gasteiger partial charge in [-0.3, -0.25) is 4.79 Å². The minimum Gasteiger partial charge on any atom is -0.373 e. The van der Waals surface area contributed by atoms with Gasteiger partial charge in [-0.15, -0.1) is 0 Å². The summed E-state index contributed by atoms with van der Waals surface area (Å²) >= 11 is 0. The highest BCUT2D eigenvalue weighted by molar-refractivity contribution is 5.84. The number of rotatable bonds is 4. The average Bonchev–Trinajstić information content (AvgIpc) is 2.92. The zero-order valence-electron chi connectivity index (χ0n) is 10.9. The quantitative estimate of drug-likeness (QED) is 0.848. The van der Waals surface area contributed by atoms with E-state index in [0.717, 1.165) is 37.6 Å². The number of amides is 1. The lowest BCUT2D eigenvalue weighted by molar-refractivity contribution is -0.130. The van der Waals surface area contributed by atoms with Gasteiger partial charge in [-0.1, -0.05) is 6.07 Å². The molecule has 1 aromatic heterocycles. The first-order valence-electron chi connectivity index (χ1n) is 6.41. The number of hydrogen-bond acceptors (Lipinski definition) is 4. The molecule has 0 saturated carbocycles. The number of nitrogens with one attached hydrogen (secondary N) is 2. The van der Waals surface area contributed by atoms with Crippen LogP contribution in [0.15, 0.2) is 18.2 Å². The Labute approximate surface area is 108 Å². The fourth-order valence-corrected chi connectivity index (χ4v) is 2.15. The van der Waals surface area contributed by atoms with Crippen LogP contribution in [-0.4, -0.2) is 42.0 Å². The van der Waals surface area contributed by atoms with E-state index in [1.54, 1.807) is 0 Å². The SMILES string of the molecule is CNc1cccc(NC(C)C(=O)N2CCCC2)n1. The van der Waals surface area contributed by atoms with Crippen molar-refractivity contribution in [3.05, 3.63) is 18.2 Å². The number of likely N-dealkylation sites (tertiary alicyclic amines) is 1. The number of anilines is 2. The second-order valence-corrected chi connectivity index (χ2v) is 4.56. The van der Waals surface area contributed by atoms with Crippen molar-refractivity contribution in [2.24, 2.45) is 0 Å². The maximum absolute atomic E-state index is 12.1. The van der Waals surface area contributed by atoms with E-state index in [2.05, 4.69) is 15.6 Å². The summed E-state index contributed by atoms with van der Waals surface area (Å²) in [5.74, 6) is 1.67. The Morgan fingerprint density at radius 2 is 2.00 bits per heavy atom. The van der Waals surface area contributed by atoms with Crippen molar-refractivity contribution < 1.29 is 4.79 Å². The third-order valence-electron chi connectivity index (χ3n) is 3.16. The smallest absolute Gasteiger partial charge is 0.244 e. The van der Waals surface area contributed by atoms with Crippen LogP contribution in [0.5, 0.6) is 0 Å². The first kappa shape index (κ1) is 12.7. The monoisotopic (exact) mass is 248 g/mol. The summed E-state index contributed by atoms with van der Waals surface area (Å²) in [6, 6.07) is 5.43. The predicted octanol–water partition coefficient (Wildman–Crippen LogP) is 1.55. The molecule has 1 aromatic rings. The van der Waals surface area contributed by atoms with E-state index in [-0.39, 0.29) is 11.9 Å². The Morgan fingerprint density at radius 1 is 1.33 bits per heavy atom. The lowest BCUT2D eigenvalue weighted by atomic mass is 10.3. The number of aromatic nitrogens is 1. The molecule has 0 radical (unpaired) electrons. The second kappa shape index (κ2) is 5.71. The van der Waals surface area contributed by atoms with Gasteiger partial charge in [0.25, 0.3) is 0 Å². The van der Waals surface area contributed by atoms with Crippen LogP contribution >= 0.6 is 0 Å². The van der Waals surface area contributed by atoms with E-state index in [1.165, 1.54) is 0 Å². The van der Waals surface area contributed by atoms with Gasteiger partial charge in [0.05, 0.1) is 0 Å². The molecule has 1 unspecified atom stereocenters. The number of hydrogen-bond donors (Lipinski definition) is 2. The molecule has 2 heterocycles. The standard InChI is InChI=1S/C13H20N4O/c1-10(13(18)17-8-3-4-9-17)15-12-7-5-6-11(14-2)16-12/h5-7,10H,3-4,8-9H2,1-2H3,(H2,14,15,16). The van der Waals surface area contributed by atoms with Gasteiger partial charge >= 0.3 is 0 Å². The molecule has 0 aliphatic carbocycles. The summed E-state index contributed by atoms with van der Waals surface area (Å²) in [6.07, 6.45) is 2.23. The fourth-order valence-electron chi connectivity index (χ4n) is 2.15. The Bertz CT molecular complexity index is 415. The van der Waals surface area contributed by atoms with E-state index < -0.39 is 0 Å². The van der Waals surface area contributed by atoms with Crippen LogP contribution < -0.4 is 10.6 Å². The molecule has 98 valence electrons. The molecule has 2 N–H and O–H groups in total. The van der Waals surface area contributed by atoms with Crippen LogP contribution in [0.4, 0.5) is 11.6 Å². The van der Waals surface area contributed by atoms with Crippen LogP contribution in [0, 0.1) is 0 Å². The van der Waals surface area contributed by atoms with Gasteiger partial charge in [0, 0.05) is 20.1 Å². The Morgan fingerprint density at radius 3 is 2.67 bits per heavy atom. The summed E-state index contributed by atoms with van der Waals surface area (Å²) in [5, 5.41) is 6.13. The number of carbonyl (C=O) groups excluding carboxylic acids is 1. The summed E-state index contributed by atoms with van der Waals surface area (Å²) in [6.45, 7) is 3.65. The Kier molecular flexibility index (Phi) is 4.02. The molecule has 1 atom stereocenters. The second-order valence-electron chi connectivity index (χ2n) is 4.56. The zero-order valence-corrected chi connectivity index (χ0v) is 10.9. The van der Waals surface area contributed by atoms with Crippen molar-refractivity contribution in [3.63, 3.8) is 0 Å². The molecule has 1 amide bonds. The normalized spacial score (nSPS) is 16.4. The molecule has 0 spiro atoms. The minimum absolute atomic E-state index is 0.157. The van der Waals surface area contributed by atoms with E-state index >= 15 is 0 Å². The van der Waals surface area contributed by atoms with Crippen molar-refractivity contribution in [1.82, 2.24) is 9.88 Å². The summed E-state index contributed by atoms with van der Waals surface area (Å²) in [4.78, 5) is 18.4. The van der Waals surface area contributed by atoms with Gasteiger partial charge in [-0.2, -0.15) is 0 Å². The summed E-state index contributed by atoms with van der Waals surface area (Å²) < 4.78 is 0. The first-order chi connectivity index (χ1) is 8.70. The van der Waals surface area contributed by atoms with Crippen LogP contribution in [0.25, 0.3) is 0 Å². The highest BCUT2D eigenvalue weighted by Gasteiger charge is 2.23. The molecule has 2 rings (SSSR count). The molecule has 1 fully saturated rings. The topological polar surface area (TPSA) is 57.3 Å². The third-order valence-corrected chi connectivity index (χ3v) is 3.16. The highest BCUT2D eigenvalue weighted by Crippen LogP contribution is 2.13. The maximum atomic E-state index is 12.1. The van der Waals surface area contributed by atoms with Crippen LogP contribution in [0.1, 0.15) is 19.8 Å². The van der Waals surface area contributed by atoms with Gasteiger partial charge in [0.2, 0.25) is 5.91 Å². The molecule has 1 aliphatic heterocycles. The van der Waals surface area contributed by atoms with Crippen LogP contribution in [0.3, 0.4) is 0 Å². The molecule has 18 heavy (non-hydrogen) atoms. The van der Waals surface area contributed by atoms with Crippen molar-refractivity contribution >= 4 is 17.5 Å². The third kappa shape index (κ3) is 2.91. The van der Waals surface area contributed by atoms with E-state index in [4.69, 9.17) is 0 Å². The highest BCUT2D eigenvalue weighted by atomic mass is 16.2. The predicted molar refractivity (Wildman–Crippen MR) is 72.7 cm³/mol. The lowest BCUT2D eigenvalue weighted by Gasteiger charge is -2.21. The van der Waals surface area contributed by atoms with Gasteiger partial charge in [0.15, 0.2) is 0 Å². The summed E-state index contributed by atoms with van der Waals surface area (Å²) in [5.41, 5.74) is 0. The largest absolute Gasteiger partial charge is 0.373 e. The Hall–Kier alpha value is -1.78. The van der Waals surface area contributed by atoms with E-state index in [9.17, 15) is 4.79 Å². The number of pyridine rings is 1. The molecule has 1 saturated heterocycles. The van der Waals surface area contributed by atoms with E-state index in [0.29, 0.717) is 0 Å². The van der Waals surface area contributed by atoms with Crippen LogP contribution in [-0.2, 0) is 4.79 Å². The van der Waals surface area contributed by atoms with Crippen molar-refractivity contribution in [2.45, 2.75) is 25.8 Å². The summed E-state index contributed by atoms with van der Waals surface area (Å²) in [7, 11) is 1.82. The molecule has 0 aromatic carbocycles. The molecular weight excluding hydrogens is 228 g/mol. The van der Waals surface area contributed by atoms with Crippen molar-refractivity contribution in [1.29, 1.82) is 0 Å². The van der Waals surface area contributed by atoms with Gasteiger partial charge < -0.3 is 15.5 Å². The fraction of sp³-hybridized carbons (Fsp3) is 0.538. The van der Waals surface area contributed by atoms with Crippen molar-refractivity contribution in [3.8, 4) is 0 Å². The van der Waals surface area contributed by atoms with Gasteiger partial charge in [-0.25, -0.2) is 4.98 Å². The maximum Gasteiger partial charge on any atom is 0.244 e. The molecule has 1 aliphatic rings. The van der Waals surface area contributed by atoms with Gasteiger partial charge in [0.1, 0.15) is 17.7 Å². The number of nitrogens with zero attached hydrogens (tertiary/aromatic N) is 2. The average molecular weight is 248 g/mol. The van der Waals surface area contributed by atoms with Crippen LogP contribution in [0.2, 0.25) is 0 Å². The number of carbonyl (C=O) groups is 1. The zero-order chi connectivity index (χ0) is 13.0. The molecule has 5 heteroatoms. The van der Waals surface area contributed by atoms with E-state index in [1.807, 2.05) is 37.1 Å². The molecule has 5 nitrogen and oxygen atoms in total. The first-order valence-corrected chi connectivity index (χ1v) is 6.41. The minimum atomic E-state index is -0.234. The van der Waals surface area contributed by atoms with Gasteiger partial charge in [-0.05, 0) is 31.9 Å². The lowest BCUT2D eigenvalue weighted by Crippen LogP contribution is -2.39.